The highest BCUT2D eigenvalue weighted by Gasteiger charge is 2.13. The number of ether oxygens (including phenoxy) is 4. The van der Waals surface area contributed by atoms with E-state index in [0.29, 0.717) is 59.0 Å². The van der Waals surface area contributed by atoms with Crippen LogP contribution in [0, 0.1) is 6.92 Å². The second kappa shape index (κ2) is 12.7. The number of hydrogen-bond donors (Lipinski definition) is 1. The van der Waals surface area contributed by atoms with Gasteiger partial charge in [-0.05, 0) is 62.2 Å². The molecule has 35 heavy (non-hydrogen) atoms. The summed E-state index contributed by atoms with van der Waals surface area (Å²) in [7, 11) is 1.54. The zero-order chi connectivity index (χ0) is 25.2. The van der Waals surface area contributed by atoms with Gasteiger partial charge in [-0.1, -0.05) is 41.4 Å². The lowest BCUT2D eigenvalue weighted by atomic mass is 10.1. The van der Waals surface area contributed by atoms with Crippen molar-refractivity contribution in [3.8, 4) is 23.0 Å². The number of halogens is 1. The molecule has 0 fully saturated rings. The van der Waals surface area contributed by atoms with Crippen molar-refractivity contribution in [3.05, 3.63) is 81.9 Å². The minimum absolute atomic E-state index is 0.353. The normalized spacial score (nSPS) is 10.8. The maximum atomic E-state index is 12.6. The second-order valence-electron chi connectivity index (χ2n) is 7.54. The van der Waals surface area contributed by atoms with Gasteiger partial charge in [0.1, 0.15) is 6.61 Å². The number of hydrazone groups is 1. The molecular weight excluding hydrogens is 468 g/mol. The first-order chi connectivity index (χ1) is 16.9. The van der Waals surface area contributed by atoms with Crippen LogP contribution in [0.1, 0.15) is 40.9 Å². The highest BCUT2D eigenvalue weighted by molar-refractivity contribution is 6.32. The summed E-state index contributed by atoms with van der Waals surface area (Å²) < 4.78 is 22.5. The molecule has 184 valence electrons. The number of methoxy groups -OCH3 is 1. The van der Waals surface area contributed by atoms with Crippen molar-refractivity contribution in [2.75, 3.05) is 20.3 Å². The summed E-state index contributed by atoms with van der Waals surface area (Å²) in [6, 6.07) is 16.4. The van der Waals surface area contributed by atoms with E-state index >= 15 is 0 Å². The molecule has 0 aromatic heterocycles. The fourth-order valence-corrected chi connectivity index (χ4v) is 3.49. The first-order valence-corrected chi connectivity index (χ1v) is 11.6. The van der Waals surface area contributed by atoms with Crippen molar-refractivity contribution in [1.82, 2.24) is 5.43 Å². The average Bonchev–Trinajstić information content (AvgIpc) is 2.85. The quantitative estimate of drug-likeness (QED) is 0.268. The van der Waals surface area contributed by atoms with Gasteiger partial charge < -0.3 is 18.9 Å². The van der Waals surface area contributed by atoms with Crippen molar-refractivity contribution in [1.29, 1.82) is 0 Å². The lowest BCUT2D eigenvalue weighted by Crippen LogP contribution is -2.17. The highest BCUT2D eigenvalue weighted by Crippen LogP contribution is 2.36. The van der Waals surface area contributed by atoms with Gasteiger partial charge in [0.25, 0.3) is 5.91 Å². The first kappa shape index (κ1) is 25.9. The topological polar surface area (TPSA) is 78.4 Å². The SMILES string of the molecule is CCOc1ccc(C(=O)N/N=C/c2cc(Cl)c(OCc3ccc(C)cc3)c(OC)c2)cc1OCC. The predicted molar refractivity (Wildman–Crippen MR) is 137 cm³/mol. The van der Waals surface area contributed by atoms with Crippen LogP contribution in [-0.4, -0.2) is 32.4 Å². The van der Waals surface area contributed by atoms with Crippen molar-refractivity contribution < 1.29 is 23.7 Å². The number of hydrogen-bond acceptors (Lipinski definition) is 6. The molecule has 1 amide bonds. The Labute approximate surface area is 210 Å². The molecule has 0 aliphatic heterocycles. The Morgan fingerprint density at radius 1 is 0.943 bits per heavy atom. The van der Waals surface area contributed by atoms with E-state index in [-0.39, 0.29) is 5.91 Å². The largest absolute Gasteiger partial charge is 0.493 e. The van der Waals surface area contributed by atoms with E-state index in [0.717, 1.165) is 5.56 Å². The molecule has 0 spiro atoms. The minimum atomic E-state index is -0.388. The third-order valence-electron chi connectivity index (χ3n) is 4.94. The summed E-state index contributed by atoms with van der Waals surface area (Å²) in [6.07, 6.45) is 1.48. The Morgan fingerprint density at radius 3 is 2.34 bits per heavy atom. The lowest BCUT2D eigenvalue weighted by Gasteiger charge is -2.13. The number of rotatable bonds is 11. The lowest BCUT2D eigenvalue weighted by molar-refractivity contribution is 0.0954. The highest BCUT2D eigenvalue weighted by atomic mass is 35.5. The van der Waals surface area contributed by atoms with Crippen LogP contribution in [-0.2, 0) is 6.61 Å². The van der Waals surface area contributed by atoms with E-state index in [1.807, 2.05) is 45.0 Å². The molecule has 0 unspecified atom stereocenters. The zero-order valence-corrected chi connectivity index (χ0v) is 21.0. The summed E-state index contributed by atoms with van der Waals surface area (Å²) in [5.74, 6) is 1.60. The molecule has 0 saturated carbocycles. The Bertz CT molecular complexity index is 1180. The van der Waals surface area contributed by atoms with Gasteiger partial charge >= 0.3 is 0 Å². The molecule has 0 saturated heterocycles. The molecule has 8 heteroatoms. The first-order valence-electron chi connectivity index (χ1n) is 11.2. The van der Waals surface area contributed by atoms with Gasteiger partial charge in [-0.15, -0.1) is 0 Å². The molecule has 0 atom stereocenters. The maximum Gasteiger partial charge on any atom is 0.271 e. The molecule has 3 aromatic rings. The fraction of sp³-hybridized carbons (Fsp3) is 0.259. The van der Waals surface area contributed by atoms with Crippen LogP contribution in [0.25, 0.3) is 0 Å². The minimum Gasteiger partial charge on any atom is -0.493 e. The Balaban J connectivity index is 1.68. The smallest absolute Gasteiger partial charge is 0.271 e. The van der Waals surface area contributed by atoms with Crippen molar-refractivity contribution in [2.45, 2.75) is 27.4 Å². The van der Waals surface area contributed by atoms with E-state index in [2.05, 4.69) is 10.5 Å². The molecule has 0 aliphatic rings. The molecule has 3 rings (SSSR count). The van der Waals surface area contributed by atoms with Crippen molar-refractivity contribution >= 4 is 23.7 Å². The molecule has 7 nitrogen and oxygen atoms in total. The van der Waals surface area contributed by atoms with Crippen LogP contribution in [0.3, 0.4) is 0 Å². The van der Waals surface area contributed by atoms with Crippen LogP contribution in [0.4, 0.5) is 0 Å². The van der Waals surface area contributed by atoms with Gasteiger partial charge in [-0.2, -0.15) is 5.10 Å². The van der Waals surface area contributed by atoms with Crippen LogP contribution in [0.5, 0.6) is 23.0 Å². The second-order valence-corrected chi connectivity index (χ2v) is 7.94. The van der Waals surface area contributed by atoms with E-state index in [1.165, 1.54) is 18.9 Å². The summed E-state index contributed by atoms with van der Waals surface area (Å²) in [4.78, 5) is 12.6. The summed E-state index contributed by atoms with van der Waals surface area (Å²) in [5, 5.41) is 4.42. The summed E-state index contributed by atoms with van der Waals surface area (Å²) >= 11 is 6.45. The number of nitrogens with one attached hydrogen (secondary N) is 1. The number of carbonyl (C=O) groups excluding carboxylic acids is 1. The molecule has 3 aromatic carbocycles. The van der Waals surface area contributed by atoms with Gasteiger partial charge in [-0.3, -0.25) is 4.79 Å². The molecule has 0 aliphatic carbocycles. The van der Waals surface area contributed by atoms with Gasteiger partial charge in [-0.25, -0.2) is 5.43 Å². The zero-order valence-electron chi connectivity index (χ0n) is 20.3. The maximum absolute atomic E-state index is 12.6. The van der Waals surface area contributed by atoms with Crippen LogP contribution < -0.4 is 24.4 Å². The molecular formula is C27H29ClN2O5. The summed E-state index contributed by atoms with van der Waals surface area (Å²) in [5.41, 5.74) is 5.73. The van der Waals surface area contributed by atoms with Gasteiger partial charge in [0, 0.05) is 5.56 Å². The van der Waals surface area contributed by atoms with Gasteiger partial charge in [0.2, 0.25) is 0 Å². The Hall–Kier alpha value is -3.71. The van der Waals surface area contributed by atoms with E-state index in [1.54, 1.807) is 30.3 Å². The van der Waals surface area contributed by atoms with Crippen molar-refractivity contribution in [3.63, 3.8) is 0 Å². The van der Waals surface area contributed by atoms with Crippen LogP contribution in [0.15, 0.2) is 59.7 Å². The Morgan fingerprint density at radius 2 is 1.66 bits per heavy atom. The number of amides is 1. The van der Waals surface area contributed by atoms with Crippen molar-refractivity contribution in [2.24, 2.45) is 5.10 Å². The van der Waals surface area contributed by atoms with Gasteiger partial charge in [0.15, 0.2) is 23.0 Å². The third kappa shape index (κ3) is 7.13. The number of aryl methyl sites for hydroxylation is 1. The Kier molecular flexibility index (Phi) is 9.38. The molecule has 0 radical (unpaired) electrons. The fourth-order valence-electron chi connectivity index (χ4n) is 3.22. The van der Waals surface area contributed by atoms with E-state index in [9.17, 15) is 4.79 Å². The number of nitrogens with zero attached hydrogens (tertiary/aromatic N) is 1. The van der Waals surface area contributed by atoms with E-state index < -0.39 is 0 Å². The third-order valence-corrected chi connectivity index (χ3v) is 5.22. The van der Waals surface area contributed by atoms with Crippen LogP contribution >= 0.6 is 11.6 Å². The summed E-state index contributed by atoms with van der Waals surface area (Å²) in [6.45, 7) is 7.09. The molecule has 0 bridgehead atoms. The molecule has 0 heterocycles. The van der Waals surface area contributed by atoms with E-state index in [4.69, 9.17) is 30.5 Å². The van der Waals surface area contributed by atoms with Gasteiger partial charge in [0.05, 0.1) is 31.6 Å². The number of carbonyl (C=O) groups is 1. The van der Waals surface area contributed by atoms with Crippen LogP contribution in [0.2, 0.25) is 5.02 Å². The average molecular weight is 497 g/mol. The number of benzene rings is 3. The molecule has 1 N–H and O–H groups in total. The standard InChI is InChI=1S/C27H29ClN2O5/c1-5-33-23-12-11-21(15-24(23)34-6-2)27(31)30-29-16-20-13-22(28)26(25(14-20)32-4)35-17-19-9-7-18(3)8-10-19/h7-16H,5-6,17H2,1-4H3,(H,30,31)/b29-16+. The monoisotopic (exact) mass is 496 g/mol. The predicted octanol–water partition coefficient (Wildman–Crippen LogP) is 5.80.